The Morgan fingerprint density at radius 3 is 2.17 bits per heavy atom. The number of ether oxygens (including phenoxy) is 2. The Balaban J connectivity index is 1.38. The Morgan fingerprint density at radius 2 is 1.54 bits per heavy atom. The number of thioether (sulfide) groups is 1. The number of hydrogen-bond donors (Lipinski definition) is 1. The van der Waals surface area contributed by atoms with Crippen LogP contribution in [0.15, 0.2) is 72.8 Å². The first-order chi connectivity index (χ1) is 19.9. The lowest BCUT2D eigenvalue weighted by molar-refractivity contribution is -0.139. The van der Waals surface area contributed by atoms with E-state index in [2.05, 4.69) is 0 Å². The van der Waals surface area contributed by atoms with Crippen molar-refractivity contribution < 1.29 is 29.0 Å². The topological polar surface area (TPSA) is 99.6 Å². The maximum Gasteiger partial charge on any atom is 0.251 e. The maximum absolute atomic E-state index is 14.3. The summed E-state index contributed by atoms with van der Waals surface area (Å²) in [6, 6.07) is 13.8. The summed E-state index contributed by atoms with van der Waals surface area (Å²) in [6.45, 7) is 2.91. The van der Waals surface area contributed by atoms with E-state index in [1.165, 1.54) is 16.7 Å². The van der Waals surface area contributed by atoms with Gasteiger partial charge in [0.05, 0.1) is 36.9 Å². The molecule has 0 radical (unpaired) electrons. The molecule has 6 rings (SSSR count). The molecule has 2 aromatic rings. The number of rotatable bonds is 7. The van der Waals surface area contributed by atoms with Crippen LogP contribution in [0.5, 0.6) is 11.5 Å². The lowest BCUT2D eigenvalue weighted by atomic mass is 9.78. The third-order valence-corrected chi connectivity index (χ3v) is 10.1. The second-order valence-corrected chi connectivity index (χ2v) is 11.9. The normalized spacial score (nSPS) is 28.8. The molecule has 214 valence electrons. The van der Waals surface area contributed by atoms with Crippen molar-refractivity contribution in [2.45, 2.75) is 23.0 Å². The van der Waals surface area contributed by atoms with Gasteiger partial charge in [-0.1, -0.05) is 24.3 Å². The Hall–Kier alpha value is -3.76. The molecule has 0 saturated carbocycles. The van der Waals surface area contributed by atoms with E-state index in [0.717, 1.165) is 11.4 Å². The lowest BCUT2D eigenvalue weighted by Crippen LogP contribution is -2.53. The minimum absolute atomic E-state index is 0.0162. The number of methoxy groups -OCH3 is 1. The highest BCUT2D eigenvalue weighted by atomic mass is 32.2. The third-order valence-electron chi connectivity index (χ3n) is 8.34. The van der Waals surface area contributed by atoms with E-state index in [-0.39, 0.29) is 36.1 Å². The van der Waals surface area contributed by atoms with Crippen LogP contribution in [0.1, 0.15) is 6.92 Å². The van der Waals surface area contributed by atoms with E-state index in [1.54, 1.807) is 29.0 Å². The number of hydrogen-bond acceptors (Lipinski definition) is 7. The quantitative estimate of drug-likeness (QED) is 0.507. The number of likely N-dealkylation sites (tertiary alicyclic amines) is 1. The molecule has 41 heavy (non-hydrogen) atoms. The van der Waals surface area contributed by atoms with Crippen molar-refractivity contribution in [2.75, 3.05) is 49.8 Å². The monoisotopic (exact) mass is 575 g/mol. The number of amides is 3. The van der Waals surface area contributed by atoms with E-state index in [0.29, 0.717) is 31.1 Å². The summed E-state index contributed by atoms with van der Waals surface area (Å²) in [4.78, 5) is 47.6. The van der Waals surface area contributed by atoms with Crippen molar-refractivity contribution in [1.29, 1.82) is 0 Å². The highest BCUT2D eigenvalue weighted by Crippen LogP contribution is 2.61. The molecule has 10 heteroatoms. The molecule has 9 nitrogen and oxygen atoms in total. The van der Waals surface area contributed by atoms with Gasteiger partial charge in [0.25, 0.3) is 5.91 Å². The molecule has 2 fully saturated rings. The first-order valence-electron chi connectivity index (χ1n) is 13.9. The Kier molecular flexibility index (Phi) is 7.29. The molecule has 0 aromatic heterocycles. The summed E-state index contributed by atoms with van der Waals surface area (Å²) >= 11 is 1.52. The largest absolute Gasteiger partial charge is 0.497 e. The predicted octanol–water partition coefficient (Wildman–Crippen LogP) is 2.89. The molecule has 0 aliphatic carbocycles. The van der Waals surface area contributed by atoms with E-state index in [1.807, 2.05) is 67.6 Å². The molecule has 4 aliphatic rings. The van der Waals surface area contributed by atoms with E-state index in [4.69, 9.17) is 9.47 Å². The van der Waals surface area contributed by atoms with E-state index < -0.39 is 22.6 Å². The number of aliphatic hydroxyl groups excluding tert-OH is 1. The molecule has 1 N–H and O–H groups in total. The van der Waals surface area contributed by atoms with Crippen LogP contribution >= 0.6 is 11.8 Å². The van der Waals surface area contributed by atoms with Gasteiger partial charge in [0, 0.05) is 36.3 Å². The smallest absolute Gasteiger partial charge is 0.251 e. The number of fused-ring (bicyclic) bond motifs is 2. The number of carbonyl (C=O) groups excluding carboxylic acids is 3. The molecule has 4 heterocycles. The van der Waals surface area contributed by atoms with Crippen molar-refractivity contribution in [3.63, 3.8) is 0 Å². The average Bonchev–Trinajstić information content (AvgIpc) is 3.29. The second kappa shape index (κ2) is 10.9. The number of β-amino-alcohol motifs (C(OH)–C–C–N with tert-alkyl or cyclic N) is 1. The zero-order valence-corrected chi connectivity index (χ0v) is 23.8. The second-order valence-electron chi connectivity index (χ2n) is 10.5. The van der Waals surface area contributed by atoms with Crippen molar-refractivity contribution in [3.05, 3.63) is 72.8 Å². The fraction of sp³-hybridized carbons (Fsp3) is 0.387. The van der Waals surface area contributed by atoms with Gasteiger partial charge in [-0.25, -0.2) is 0 Å². The molecule has 0 bridgehead atoms. The summed E-state index contributed by atoms with van der Waals surface area (Å²) < 4.78 is 9.90. The average molecular weight is 576 g/mol. The van der Waals surface area contributed by atoms with Crippen molar-refractivity contribution in [2.24, 2.45) is 11.8 Å². The first-order valence-corrected chi connectivity index (χ1v) is 14.7. The van der Waals surface area contributed by atoms with Crippen LogP contribution in [-0.2, 0) is 14.4 Å². The van der Waals surface area contributed by atoms with Gasteiger partial charge in [-0.2, -0.15) is 0 Å². The molecule has 1 unspecified atom stereocenters. The fourth-order valence-electron chi connectivity index (χ4n) is 6.60. The van der Waals surface area contributed by atoms with Crippen LogP contribution in [0.25, 0.3) is 0 Å². The van der Waals surface area contributed by atoms with Gasteiger partial charge in [0.2, 0.25) is 11.8 Å². The third kappa shape index (κ3) is 4.40. The van der Waals surface area contributed by atoms with Crippen molar-refractivity contribution in [1.82, 2.24) is 4.90 Å². The lowest BCUT2D eigenvalue weighted by Gasteiger charge is -2.35. The molecule has 3 amide bonds. The Bertz CT molecular complexity index is 1390. The SMILES string of the molecule is CCOc1ccc(N2CC=C[C@H]3S[C@]45C=CCN(c6ccc(OC)cc6)C(=O)C4N(CCO)C(=O)[C@@H]5[C@H]3C2=O)cc1. The van der Waals surface area contributed by atoms with Gasteiger partial charge in [0.15, 0.2) is 0 Å². The first kappa shape index (κ1) is 27.4. The van der Waals surface area contributed by atoms with E-state index in [9.17, 15) is 19.5 Å². The molecule has 1 spiro atoms. The zero-order chi connectivity index (χ0) is 28.7. The number of aliphatic hydroxyl groups is 1. The van der Waals surface area contributed by atoms with Crippen LogP contribution in [-0.4, -0.2) is 83.7 Å². The van der Waals surface area contributed by atoms with Gasteiger partial charge in [-0.3, -0.25) is 14.4 Å². The minimum atomic E-state index is -0.943. The Labute approximate surface area is 243 Å². The van der Waals surface area contributed by atoms with Crippen LogP contribution in [0.4, 0.5) is 11.4 Å². The maximum atomic E-state index is 14.3. The molecule has 4 aliphatic heterocycles. The van der Waals surface area contributed by atoms with Gasteiger partial charge >= 0.3 is 0 Å². The summed E-state index contributed by atoms with van der Waals surface area (Å²) in [5.74, 6) is -0.649. The molecular weight excluding hydrogens is 542 g/mol. The van der Waals surface area contributed by atoms with Crippen LogP contribution < -0.4 is 19.3 Å². The van der Waals surface area contributed by atoms with Crippen molar-refractivity contribution in [3.8, 4) is 11.5 Å². The number of anilines is 2. The van der Waals surface area contributed by atoms with Gasteiger partial charge in [-0.05, 0) is 55.5 Å². The van der Waals surface area contributed by atoms with Crippen LogP contribution in [0.3, 0.4) is 0 Å². The standard InChI is InChI=1S/C31H33N3O6S/c1-3-40-23-13-9-20(10-14-23)32-16-4-6-24-25(28(32)36)26-29(37)34(18-19-35)27-30(38)33(17-5-15-31(26,27)41-24)21-7-11-22(39-2)12-8-21/h4-15,24-27,35H,3,16-19H2,1-2H3/t24-,25+,26+,27?,31+/m1/s1. The molecule has 2 aromatic carbocycles. The van der Waals surface area contributed by atoms with Crippen LogP contribution in [0, 0.1) is 11.8 Å². The molecule has 5 atom stereocenters. The zero-order valence-electron chi connectivity index (χ0n) is 23.0. The summed E-state index contributed by atoms with van der Waals surface area (Å²) in [5, 5.41) is 9.65. The number of carbonyl (C=O) groups is 3. The summed E-state index contributed by atoms with van der Waals surface area (Å²) in [6.07, 6.45) is 7.89. The van der Waals surface area contributed by atoms with Gasteiger partial charge < -0.3 is 29.3 Å². The predicted molar refractivity (Wildman–Crippen MR) is 157 cm³/mol. The Morgan fingerprint density at radius 1 is 0.902 bits per heavy atom. The van der Waals surface area contributed by atoms with Gasteiger partial charge in [-0.15, -0.1) is 11.8 Å². The minimum Gasteiger partial charge on any atom is -0.497 e. The fourth-order valence-corrected chi connectivity index (χ4v) is 8.61. The molecular formula is C31H33N3O6S. The summed E-state index contributed by atoms with van der Waals surface area (Å²) in [7, 11) is 1.58. The highest BCUT2D eigenvalue weighted by molar-refractivity contribution is 8.02. The number of benzene rings is 2. The van der Waals surface area contributed by atoms with Crippen molar-refractivity contribution >= 4 is 40.9 Å². The van der Waals surface area contributed by atoms with Crippen LogP contribution in [0.2, 0.25) is 0 Å². The summed E-state index contributed by atoms with van der Waals surface area (Å²) in [5.41, 5.74) is 1.41. The molecule has 2 saturated heterocycles. The number of nitrogens with zero attached hydrogens (tertiary/aromatic N) is 3. The van der Waals surface area contributed by atoms with Gasteiger partial charge in [0.1, 0.15) is 17.5 Å². The van der Waals surface area contributed by atoms with E-state index >= 15 is 0 Å². The highest BCUT2D eigenvalue weighted by Gasteiger charge is 2.71.